The summed E-state index contributed by atoms with van der Waals surface area (Å²) in [5.41, 5.74) is 0. The van der Waals surface area contributed by atoms with Crippen molar-refractivity contribution in [3.05, 3.63) is 0 Å². The zero-order chi connectivity index (χ0) is 12.1. The van der Waals surface area contributed by atoms with Crippen molar-refractivity contribution < 1.29 is 33.9 Å². The van der Waals surface area contributed by atoms with Gasteiger partial charge in [-0.3, -0.25) is 9.32 Å². The standard InChI is InChI=1S/C7H15O7P/c1-5(7(9)10)6(8)3-2-4-14-15(11,12)13/h5-6,8H,2-4H2,1H3,(H,9,10)(H2,11,12,13)/t5-,6+/m1/s1. The van der Waals surface area contributed by atoms with E-state index in [4.69, 9.17) is 14.9 Å². The van der Waals surface area contributed by atoms with Crippen LogP contribution in [0.15, 0.2) is 0 Å². The van der Waals surface area contributed by atoms with Gasteiger partial charge >= 0.3 is 13.8 Å². The number of phosphoric ester groups is 1. The smallest absolute Gasteiger partial charge is 0.469 e. The van der Waals surface area contributed by atoms with Crippen LogP contribution >= 0.6 is 7.82 Å². The molecule has 0 aromatic heterocycles. The van der Waals surface area contributed by atoms with Crippen molar-refractivity contribution in [3.63, 3.8) is 0 Å². The fourth-order valence-electron chi connectivity index (χ4n) is 0.891. The van der Waals surface area contributed by atoms with Crippen LogP contribution in [0.2, 0.25) is 0 Å². The molecule has 0 aliphatic heterocycles. The van der Waals surface area contributed by atoms with E-state index in [0.717, 1.165) is 0 Å². The predicted molar refractivity (Wildman–Crippen MR) is 50.0 cm³/mol. The zero-order valence-corrected chi connectivity index (χ0v) is 9.13. The van der Waals surface area contributed by atoms with E-state index in [0.29, 0.717) is 0 Å². The van der Waals surface area contributed by atoms with Gasteiger partial charge in [-0.1, -0.05) is 0 Å². The third-order valence-electron chi connectivity index (χ3n) is 1.87. The summed E-state index contributed by atoms with van der Waals surface area (Å²) < 4.78 is 14.4. The van der Waals surface area contributed by atoms with E-state index in [9.17, 15) is 14.5 Å². The molecule has 0 heterocycles. The van der Waals surface area contributed by atoms with Gasteiger partial charge in [-0.05, 0) is 19.8 Å². The molecular formula is C7H15O7P. The SMILES string of the molecule is C[C@@H](C(=O)O)[C@@H](O)CCCOP(=O)(O)O. The van der Waals surface area contributed by atoms with Crippen LogP contribution in [0, 0.1) is 5.92 Å². The molecule has 15 heavy (non-hydrogen) atoms. The van der Waals surface area contributed by atoms with Crippen LogP contribution in [0.1, 0.15) is 19.8 Å². The molecule has 0 amide bonds. The largest absolute Gasteiger partial charge is 0.481 e. The van der Waals surface area contributed by atoms with E-state index in [1.807, 2.05) is 0 Å². The first-order chi connectivity index (χ1) is 6.74. The Morgan fingerprint density at radius 1 is 1.47 bits per heavy atom. The molecule has 7 nitrogen and oxygen atoms in total. The molecule has 0 aliphatic rings. The minimum atomic E-state index is -4.47. The molecule has 4 N–H and O–H groups in total. The summed E-state index contributed by atoms with van der Waals surface area (Å²) in [6, 6.07) is 0. The van der Waals surface area contributed by atoms with Gasteiger partial charge in [0.2, 0.25) is 0 Å². The molecule has 0 aromatic rings. The van der Waals surface area contributed by atoms with Gasteiger partial charge in [-0.25, -0.2) is 4.57 Å². The first-order valence-corrected chi connectivity index (χ1v) is 5.88. The first-order valence-electron chi connectivity index (χ1n) is 4.35. The molecule has 0 saturated heterocycles. The Kier molecular flexibility index (Phi) is 6.00. The van der Waals surface area contributed by atoms with E-state index < -0.39 is 25.8 Å². The van der Waals surface area contributed by atoms with Crippen molar-refractivity contribution in [2.75, 3.05) is 6.61 Å². The van der Waals surface area contributed by atoms with Gasteiger partial charge in [-0.2, -0.15) is 0 Å². The van der Waals surface area contributed by atoms with E-state index in [2.05, 4.69) is 4.52 Å². The Morgan fingerprint density at radius 3 is 2.40 bits per heavy atom. The third kappa shape index (κ3) is 7.47. The molecular weight excluding hydrogens is 227 g/mol. The number of carboxylic acid groups (broad SMARTS) is 1. The quantitative estimate of drug-likeness (QED) is 0.364. The van der Waals surface area contributed by atoms with Crippen LogP contribution in [0.25, 0.3) is 0 Å². The van der Waals surface area contributed by atoms with Gasteiger partial charge in [0, 0.05) is 0 Å². The van der Waals surface area contributed by atoms with Gasteiger partial charge in [0.05, 0.1) is 18.6 Å². The summed E-state index contributed by atoms with van der Waals surface area (Å²) >= 11 is 0. The van der Waals surface area contributed by atoms with E-state index in [1.165, 1.54) is 6.92 Å². The van der Waals surface area contributed by atoms with Crippen LogP contribution < -0.4 is 0 Å². The highest BCUT2D eigenvalue weighted by atomic mass is 31.2. The molecule has 2 atom stereocenters. The fourth-order valence-corrected chi connectivity index (χ4v) is 1.26. The van der Waals surface area contributed by atoms with Gasteiger partial charge in [0.1, 0.15) is 0 Å². The number of aliphatic hydroxyl groups is 1. The topological polar surface area (TPSA) is 124 Å². The normalized spacial score (nSPS) is 16.0. The molecule has 0 spiro atoms. The maximum Gasteiger partial charge on any atom is 0.469 e. The summed E-state index contributed by atoms with van der Waals surface area (Å²) in [6.07, 6.45) is -0.736. The highest BCUT2D eigenvalue weighted by Gasteiger charge is 2.21. The number of hydrogen-bond acceptors (Lipinski definition) is 4. The third-order valence-corrected chi connectivity index (χ3v) is 2.39. The minimum Gasteiger partial charge on any atom is -0.481 e. The fraction of sp³-hybridized carbons (Fsp3) is 0.857. The number of aliphatic hydroxyl groups excluding tert-OH is 1. The van der Waals surface area contributed by atoms with Gasteiger partial charge < -0.3 is 20.0 Å². The Hall–Kier alpha value is -0.460. The molecule has 0 aromatic carbocycles. The van der Waals surface area contributed by atoms with Crippen molar-refractivity contribution in [2.45, 2.75) is 25.9 Å². The molecule has 8 heteroatoms. The molecule has 0 fully saturated rings. The van der Waals surface area contributed by atoms with Gasteiger partial charge in [0.25, 0.3) is 0 Å². The molecule has 90 valence electrons. The van der Waals surface area contributed by atoms with E-state index in [-0.39, 0.29) is 19.4 Å². The molecule has 0 saturated carbocycles. The summed E-state index contributed by atoms with van der Waals surface area (Å²) in [4.78, 5) is 27.0. The molecule has 0 radical (unpaired) electrons. The average Bonchev–Trinajstić information content (AvgIpc) is 2.09. The summed E-state index contributed by atoms with van der Waals surface area (Å²) in [5.74, 6) is -2.02. The Bertz CT molecular complexity index is 248. The lowest BCUT2D eigenvalue weighted by Gasteiger charge is -2.14. The number of hydrogen-bond donors (Lipinski definition) is 4. The van der Waals surface area contributed by atoms with E-state index in [1.54, 1.807) is 0 Å². The second-order valence-corrected chi connectivity index (χ2v) is 4.40. The highest BCUT2D eigenvalue weighted by Crippen LogP contribution is 2.35. The van der Waals surface area contributed by atoms with E-state index >= 15 is 0 Å². The van der Waals surface area contributed by atoms with Gasteiger partial charge in [-0.15, -0.1) is 0 Å². The monoisotopic (exact) mass is 242 g/mol. The zero-order valence-electron chi connectivity index (χ0n) is 8.24. The summed E-state index contributed by atoms with van der Waals surface area (Å²) in [7, 11) is -4.47. The molecule has 0 aliphatic carbocycles. The highest BCUT2D eigenvalue weighted by molar-refractivity contribution is 7.46. The van der Waals surface area contributed by atoms with Crippen LogP contribution in [-0.4, -0.2) is 38.7 Å². The van der Waals surface area contributed by atoms with Gasteiger partial charge in [0.15, 0.2) is 0 Å². The Labute approximate surface area is 86.9 Å². The second kappa shape index (κ2) is 6.19. The lowest BCUT2D eigenvalue weighted by Crippen LogP contribution is -2.25. The first kappa shape index (κ1) is 14.5. The van der Waals surface area contributed by atoms with Crippen molar-refractivity contribution >= 4 is 13.8 Å². The summed E-state index contributed by atoms with van der Waals surface area (Å²) in [6.45, 7) is 1.14. The van der Waals surface area contributed by atoms with Crippen molar-refractivity contribution in [2.24, 2.45) is 5.92 Å². The lowest BCUT2D eigenvalue weighted by atomic mass is 10.0. The van der Waals surface area contributed by atoms with Crippen LogP contribution in [0.3, 0.4) is 0 Å². The Morgan fingerprint density at radius 2 is 2.00 bits per heavy atom. The number of carbonyl (C=O) groups is 1. The van der Waals surface area contributed by atoms with Crippen molar-refractivity contribution in [1.29, 1.82) is 0 Å². The molecule has 0 bridgehead atoms. The Balaban J connectivity index is 3.69. The second-order valence-electron chi connectivity index (χ2n) is 3.16. The van der Waals surface area contributed by atoms with Crippen LogP contribution in [0.4, 0.5) is 0 Å². The number of aliphatic carboxylic acids is 1. The van der Waals surface area contributed by atoms with Crippen molar-refractivity contribution in [1.82, 2.24) is 0 Å². The maximum atomic E-state index is 10.4. The number of carboxylic acids is 1. The van der Waals surface area contributed by atoms with Crippen molar-refractivity contribution in [3.8, 4) is 0 Å². The molecule has 0 rings (SSSR count). The lowest BCUT2D eigenvalue weighted by molar-refractivity contribution is -0.145. The maximum absolute atomic E-state index is 10.4. The minimum absolute atomic E-state index is 0.119. The van der Waals surface area contributed by atoms with Crippen LogP contribution in [-0.2, 0) is 13.9 Å². The number of rotatable bonds is 7. The summed E-state index contributed by atoms with van der Waals surface area (Å²) in [5, 5.41) is 17.8. The predicted octanol–water partition coefficient (Wildman–Crippen LogP) is -0.0425. The van der Waals surface area contributed by atoms with Crippen LogP contribution in [0.5, 0.6) is 0 Å². The average molecular weight is 242 g/mol. The number of phosphoric acid groups is 1. The molecule has 0 unspecified atom stereocenters.